The minimum Gasteiger partial charge on any atom is -0.508 e. The number of halogens is 1. The van der Waals surface area contributed by atoms with Crippen molar-refractivity contribution in [2.75, 3.05) is 19.5 Å². The van der Waals surface area contributed by atoms with Crippen LogP contribution in [0.3, 0.4) is 0 Å². The molecule has 20 heavy (non-hydrogen) atoms. The minimum absolute atomic E-state index is 0.0888. The molecule has 0 amide bonds. The van der Waals surface area contributed by atoms with Crippen LogP contribution >= 0.6 is 0 Å². The lowest BCUT2D eigenvalue weighted by molar-refractivity contribution is 0.355. The molecule has 0 radical (unpaired) electrons. The highest BCUT2D eigenvalue weighted by molar-refractivity contribution is 5.55. The molecule has 0 saturated heterocycles. The fraction of sp³-hybridized carbons (Fsp3) is 0.200. The molecule has 0 saturated carbocycles. The van der Waals surface area contributed by atoms with Crippen LogP contribution in [0.15, 0.2) is 36.4 Å². The smallest absolute Gasteiger partial charge is 0.162 e. The van der Waals surface area contributed by atoms with E-state index in [-0.39, 0.29) is 5.75 Å². The number of ether oxygens (including phenoxy) is 2. The highest BCUT2D eigenvalue weighted by Crippen LogP contribution is 2.30. The Balaban J connectivity index is 2.10. The van der Waals surface area contributed by atoms with Crippen LogP contribution in [0.2, 0.25) is 0 Å². The fourth-order valence-electron chi connectivity index (χ4n) is 1.89. The standard InChI is InChI=1S/C15H16FNO3/c1-19-14-4-3-12(8-15(14)20-2)17-9-10-5-11(16)7-13(18)6-10/h3-8,17-18H,9H2,1-2H3. The second kappa shape index (κ2) is 6.14. The molecule has 0 aliphatic carbocycles. The average Bonchev–Trinajstić information content (AvgIpc) is 2.43. The van der Waals surface area contributed by atoms with Gasteiger partial charge in [-0.3, -0.25) is 0 Å². The van der Waals surface area contributed by atoms with Crippen molar-refractivity contribution in [2.45, 2.75) is 6.54 Å². The summed E-state index contributed by atoms with van der Waals surface area (Å²) in [5, 5.41) is 12.5. The summed E-state index contributed by atoms with van der Waals surface area (Å²) in [7, 11) is 3.13. The van der Waals surface area contributed by atoms with Crippen LogP contribution in [-0.2, 0) is 6.54 Å². The topological polar surface area (TPSA) is 50.7 Å². The summed E-state index contributed by atoms with van der Waals surface area (Å²) in [5.74, 6) is 0.698. The number of anilines is 1. The van der Waals surface area contributed by atoms with E-state index < -0.39 is 5.82 Å². The van der Waals surface area contributed by atoms with Crippen molar-refractivity contribution >= 4 is 5.69 Å². The van der Waals surface area contributed by atoms with Crippen molar-refractivity contribution in [3.63, 3.8) is 0 Å². The van der Waals surface area contributed by atoms with Crippen LogP contribution in [0, 0.1) is 5.82 Å². The highest BCUT2D eigenvalue weighted by Gasteiger charge is 2.05. The van der Waals surface area contributed by atoms with Gasteiger partial charge in [0.25, 0.3) is 0 Å². The lowest BCUT2D eigenvalue weighted by Crippen LogP contribution is -2.00. The first-order valence-corrected chi connectivity index (χ1v) is 6.06. The first-order chi connectivity index (χ1) is 9.62. The Labute approximate surface area is 116 Å². The molecular weight excluding hydrogens is 261 g/mol. The monoisotopic (exact) mass is 277 g/mol. The summed E-state index contributed by atoms with van der Waals surface area (Å²) in [6, 6.07) is 9.35. The molecule has 0 aromatic heterocycles. The summed E-state index contributed by atoms with van der Waals surface area (Å²) in [4.78, 5) is 0. The SMILES string of the molecule is COc1ccc(NCc2cc(O)cc(F)c2)cc1OC. The Morgan fingerprint density at radius 1 is 1.05 bits per heavy atom. The van der Waals surface area contributed by atoms with E-state index in [1.807, 2.05) is 6.07 Å². The van der Waals surface area contributed by atoms with Crippen molar-refractivity contribution in [2.24, 2.45) is 0 Å². The summed E-state index contributed by atoms with van der Waals surface area (Å²) in [6.45, 7) is 0.390. The number of hydrogen-bond donors (Lipinski definition) is 2. The second-order valence-electron chi connectivity index (χ2n) is 4.24. The zero-order valence-corrected chi connectivity index (χ0v) is 11.3. The Kier molecular flexibility index (Phi) is 4.30. The number of phenols is 1. The van der Waals surface area contributed by atoms with Crippen LogP contribution in [0.4, 0.5) is 10.1 Å². The number of hydrogen-bond acceptors (Lipinski definition) is 4. The first-order valence-electron chi connectivity index (χ1n) is 6.06. The molecule has 2 N–H and O–H groups in total. The summed E-state index contributed by atoms with van der Waals surface area (Å²) < 4.78 is 23.5. The van der Waals surface area contributed by atoms with Gasteiger partial charge < -0.3 is 19.9 Å². The van der Waals surface area contributed by atoms with Crippen LogP contribution in [-0.4, -0.2) is 19.3 Å². The molecule has 0 spiro atoms. The number of rotatable bonds is 5. The van der Waals surface area contributed by atoms with Crippen molar-refractivity contribution in [1.29, 1.82) is 0 Å². The highest BCUT2D eigenvalue weighted by atomic mass is 19.1. The fourth-order valence-corrected chi connectivity index (χ4v) is 1.89. The second-order valence-corrected chi connectivity index (χ2v) is 4.24. The Morgan fingerprint density at radius 3 is 2.45 bits per heavy atom. The van der Waals surface area contributed by atoms with Crippen LogP contribution in [0.25, 0.3) is 0 Å². The van der Waals surface area contributed by atoms with Crippen LogP contribution in [0.5, 0.6) is 17.2 Å². The summed E-state index contributed by atoms with van der Waals surface area (Å²) in [5.41, 5.74) is 1.46. The zero-order chi connectivity index (χ0) is 14.5. The molecule has 0 bridgehead atoms. The maximum Gasteiger partial charge on any atom is 0.162 e. The van der Waals surface area contributed by atoms with E-state index >= 15 is 0 Å². The van der Waals surface area contributed by atoms with Gasteiger partial charge in [-0.1, -0.05) is 0 Å². The number of phenolic OH excluding ortho intramolecular Hbond substituents is 1. The van der Waals surface area contributed by atoms with Crippen molar-refractivity contribution in [3.05, 3.63) is 47.8 Å². The third-order valence-electron chi connectivity index (χ3n) is 2.82. The molecule has 0 aliphatic heterocycles. The zero-order valence-electron chi connectivity index (χ0n) is 11.3. The van der Waals surface area contributed by atoms with Gasteiger partial charge in [0.2, 0.25) is 0 Å². The molecule has 106 valence electrons. The van der Waals surface area contributed by atoms with E-state index in [0.717, 1.165) is 11.8 Å². The number of nitrogens with one attached hydrogen (secondary N) is 1. The predicted molar refractivity (Wildman–Crippen MR) is 74.9 cm³/mol. The lowest BCUT2D eigenvalue weighted by Gasteiger charge is -2.11. The Morgan fingerprint density at radius 2 is 1.80 bits per heavy atom. The molecule has 0 atom stereocenters. The Hall–Kier alpha value is -2.43. The normalized spacial score (nSPS) is 10.2. The maximum absolute atomic E-state index is 13.1. The van der Waals surface area contributed by atoms with Gasteiger partial charge in [-0.15, -0.1) is 0 Å². The molecule has 0 aliphatic rings. The number of methoxy groups -OCH3 is 2. The molecule has 0 unspecified atom stereocenters. The molecule has 2 aromatic rings. The third kappa shape index (κ3) is 3.32. The first kappa shape index (κ1) is 14.0. The molecular formula is C15H16FNO3. The molecule has 4 nitrogen and oxygen atoms in total. The van der Waals surface area contributed by atoms with Gasteiger partial charge in [0, 0.05) is 24.4 Å². The molecule has 2 aromatic carbocycles. The van der Waals surface area contributed by atoms with Crippen molar-refractivity contribution in [3.8, 4) is 17.2 Å². The van der Waals surface area contributed by atoms with Crippen molar-refractivity contribution < 1.29 is 19.0 Å². The van der Waals surface area contributed by atoms with E-state index in [2.05, 4.69) is 5.32 Å². The van der Waals surface area contributed by atoms with Gasteiger partial charge in [0.1, 0.15) is 11.6 Å². The summed E-state index contributed by atoms with van der Waals surface area (Å²) in [6.07, 6.45) is 0. The molecule has 2 rings (SSSR count). The van der Waals surface area contributed by atoms with Crippen LogP contribution < -0.4 is 14.8 Å². The van der Waals surface area contributed by atoms with E-state index in [1.165, 1.54) is 12.1 Å². The average molecular weight is 277 g/mol. The maximum atomic E-state index is 13.1. The van der Waals surface area contributed by atoms with E-state index in [4.69, 9.17) is 9.47 Å². The molecule has 0 fully saturated rings. The van der Waals surface area contributed by atoms with E-state index in [1.54, 1.807) is 26.4 Å². The minimum atomic E-state index is -0.464. The largest absolute Gasteiger partial charge is 0.508 e. The molecule has 5 heteroatoms. The third-order valence-corrected chi connectivity index (χ3v) is 2.82. The molecule has 0 heterocycles. The lowest BCUT2D eigenvalue weighted by atomic mass is 10.2. The number of benzene rings is 2. The van der Waals surface area contributed by atoms with Gasteiger partial charge >= 0.3 is 0 Å². The summed E-state index contributed by atoms with van der Waals surface area (Å²) >= 11 is 0. The van der Waals surface area contributed by atoms with E-state index in [9.17, 15) is 9.50 Å². The number of aromatic hydroxyl groups is 1. The van der Waals surface area contributed by atoms with E-state index in [0.29, 0.717) is 23.6 Å². The van der Waals surface area contributed by atoms with Gasteiger partial charge in [-0.05, 0) is 29.8 Å². The van der Waals surface area contributed by atoms with Gasteiger partial charge in [-0.25, -0.2) is 4.39 Å². The van der Waals surface area contributed by atoms with Gasteiger partial charge in [0.05, 0.1) is 14.2 Å². The van der Waals surface area contributed by atoms with Crippen molar-refractivity contribution in [1.82, 2.24) is 0 Å². The van der Waals surface area contributed by atoms with Gasteiger partial charge in [0.15, 0.2) is 11.5 Å². The van der Waals surface area contributed by atoms with Crippen LogP contribution in [0.1, 0.15) is 5.56 Å². The predicted octanol–water partition coefficient (Wildman–Crippen LogP) is 3.16. The quantitative estimate of drug-likeness (QED) is 0.881. The van der Waals surface area contributed by atoms with Gasteiger partial charge in [-0.2, -0.15) is 0 Å². The Bertz CT molecular complexity index is 581.